The minimum atomic E-state index is -0.0956. The van der Waals surface area contributed by atoms with E-state index < -0.39 is 0 Å². The molecule has 178 valence electrons. The third kappa shape index (κ3) is 5.65. The molecule has 7 nitrogen and oxygen atoms in total. The van der Waals surface area contributed by atoms with Crippen molar-refractivity contribution in [1.82, 2.24) is 19.9 Å². The van der Waals surface area contributed by atoms with Crippen molar-refractivity contribution in [2.75, 3.05) is 31.5 Å². The summed E-state index contributed by atoms with van der Waals surface area (Å²) in [5.74, 6) is 1.19. The SMILES string of the molecule is CC(c1nc(-c2ccccc2)no1)N1CCN(Cc2ccc(C(=O)Nc3ccccc3)cc2)CC1. The number of carbonyl (C=O) groups excluding carboxylic acids is 1. The van der Waals surface area contributed by atoms with Crippen LogP contribution in [0, 0.1) is 0 Å². The van der Waals surface area contributed by atoms with Gasteiger partial charge >= 0.3 is 0 Å². The normalized spacial score (nSPS) is 15.6. The highest BCUT2D eigenvalue weighted by Crippen LogP contribution is 2.24. The molecule has 1 fully saturated rings. The number of carbonyl (C=O) groups is 1. The minimum Gasteiger partial charge on any atom is -0.337 e. The summed E-state index contributed by atoms with van der Waals surface area (Å²) in [7, 11) is 0. The first-order chi connectivity index (χ1) is 17.2. The molecule has 1 unspecified atom stereocenters. The van der Waals surface area contributed by atoms with E-state index in [0.29, 0.717) is 17.3 Å². The second-order valence-corrected chi connectivity index (χ2v) is 8.83. The van der Waals surface area contributed by atoms with Crippen LogP contribution in [0.15, 0.2) is 89.5 Å². The average Bonchev–Trinajstić information content (AvgIpc) is 3.41. The molecule has 4 aromatic rings. The van der Waals surface area contributed by atoms with Crippen LogP contribution in [0.5, 0.6) is 0 Å². The van der Waals surface area contributed by atoms with E-state index in [0.717, 1.165) is 44.0 Å². The van der Waals surface area contributed by atoms with Crippen molar-refractivity contribution in [3.63, 3.8) is 0 Å². The Kier molecular flexibility index (Phi) is 6.97. The fraction of sp³-hybridized carbons (Fsp3) is 0.250. The van der Waals surface area contributed by atoms with Crippen LogP contribution in [0.2, 0.25) is 0 Å². The highest BCUT2D eigenvalue weighted by atomic mass is 16.5. The van der Waals surface area contributed by atoms with E-state index in [2.05, 4.69) is 32.2 Å². The number of hydrogen-bond acceptors (Lipinski definition) is 6. The molecule has 0 saturated carbocycles. The van der Waals surface area contributed by atoms with Crippen molar-refractivity contribution in [3.8, 4) is 11.4 Å². The van der Waals surface area contributed by atoms with Gasteiger partial charge in [-0.25, -0.2) is 0 Å². The Hall–Kier alpha value is -3.81. The van der Waals surface area contributed by atoms with Gasteiger partial charge in [0.25, 0.3) is 5.91 Å². The van der Waals surface area contributed by atoms with E-state index in [9.17, 15) is 4.79 Å². The average molecular weight is 468 g/mol. The highest BCUT2D eigenvalue weighted by molar-refractivity contribution is 6.04. The summed E-state index contributed by atoms with van der Waals surface area (Å²) in [4.78, 5) is 21.9. The van der Waals surface area contributed by atoms with Gasteiger partial charge in [-0.2, -0.15) is 4.98 Å². The predicted molar refractivity (Wildman–Crippen MR) is 136 cm³/mol. The van der Waals surface area contributed by atoms with Gasteiger partial charge in [0.05, 0.1) is 6.04 Å². The number of aromatic nitrogens is 2. The van der Waals surface area contributed by atoms with Crippen molar-refractivity contribution in [2.24, 2.45) is 0 Å². The largest absolute Gasteiger partial charge is 0.337 e. The monoisotopic (exact) mass is 467 g/mol. The van der Waals surface area contributed by atoms with E-state index >= 15 is 0 Å². The van der Waals surface area contributed by atoms with Crippen molar-refractivity contribution < 1.29 is 9.32 Å². The minimum absolute atomic E-state index is 0.0736. The zero-order valence-electron chi connectivity index (χ0n) is 19.8. The first-order valence-electron chi connectivity index (χ1n) is 12.0. The molecule has 5 rings (SSSR count). The van der Waals surface area contributed by atoms with Crippen LogP contribution in [0.25, 0.3) is 11.4 Å². The second kappa shape index (κ2) is 10.6. The Morgan fingerprint density at radius 1 is 0.914 bits per heavy atom. The van der Waals surface area contributed by atoms with Gasteiger partial charge in [-0.3, -0.25) is 14.6 Å². The second-order valence-electron chi connectivity index (χ2n) is 8.83. The summed E-state index contributed by atoms with van der Waals surface area (Å²) in [6.07, 6.45) is 0. The Morgan fingerprint density at radius 2 is 1.57 bits per heavy atom. The molecule has 1 saturated heterocycles. The lowest BCUT2D eigenvalue weighted by Crippen LogP contribution is -2.46. The highest BCUT2D eigenvalue weighted by Gasteiger charge is 2.26. The Balaban J connectivity index is 1.12. The van der Waals surface area contributed by atoms with E-state index in [4.69, 9.17) is 4.52 Å². The van der Waals surface area contributed by atoms with E-state index in [1.54, 1.807) is 0 Å². The first-order valence-corrected chi connectivity index (χ1v) is 12.0. The van der Waals surface area contributed by atoms with E-state index in [1.807, 2.05) is 84.9 Å². The number of nitrogens with zero attached hydrogens (tertiary/aromatic N) is 4. The number of hydrogen-bond donors (Lipinski definition) is 1. The van der Waals surface area contributed by atoms with Gasteiger partial charge in [0.15, 0.2) is 0 Å². The van der Waals surface area contributed by atoms with Crippen LogP contribution in [-0.4, -0.2) is 52.0 Å². The van der Waals surface area contributed by atoms with Crippen molar-refractivity contribution in [2.45, 2.75) is 19.5 Å². The van der Waals surface area contributed by atoms with E-state index in [1.165, 1.54) is 5.56 Å². The summed E-state index contributed by atoms with van der Waals surface area (Å²) in [5, 5.41) is 7.09. The number of rotatable bonds is 7. The van der Waals surface area contributed by atoms with Crippen LogP contribution in [0.3, 0.4) is 0 Å². The number of amides is 1. The number of anilines is 1. The van der Waals surface area contributed by atoms with Gasteiger partial charge in [0, 0.05) is 49.5 Å². The maximum atomic E-state index is 12.5. The number of para-hydroxylation sites is 1. The van der Waals surface area contributed by atoms with Crippen LogP contribution in [-0.2, 0) is 6.54 Å². The van der Waals surface area contributed by atoms with Gasteiger partial charge in [0.1, 0.15) is 0 Å². The van der Waals surface area contributed by atoms with Crippen LogP contribution in [0.4, 0.5) is 5.69 Å². The summed E-state index contributed by atoms with van der Waals surface area (Å²) >= 11 is 0. The summed E-state index contributed by atoms with van der Waals surface area (Å²) in [6.45, 7) is 6.77. The maximum absolute atomic E-state index is 12.5. The molecular weight excluding hydrogens is 438 g/mol. The molecule has 1 aliphatic heterocycles. The molecule has 1 N–H and O–H groups in total. The molecule has 3 aromatic carbocycles. The van der Waals surface area contributed by atoms with Crippen LogP contribution < -0.4 is 5.32 Å². The molecule has 7 heteroatoms. The molecule has 1 amide bonds. The van der Waals surface area contributed by atoms with Gasteiger partial charge in [-0.15, -0.1) is 0 Å². The Morgan fingerprint density at radius 3 is 2.26 bits per heavy atom. The zero-order chi connectivity index (χ0) is 24.0. The lowest BCUT2D eigenvalue weighted by atomic mass is 10.1. The quantitative estimate of drug-likeness (QED) is 0.418. The molecule has 0 aliphatic carbocycles. The lowest BCUT2D eigenvalue weighted by molar-refractivity contribution is 0.0845. The van der Waals surface area contributed by atoms with Gasteiger partial charge in [-0.05, 0) is 36.8 Å². The lowest BCUT2D eigenvalue weighted by Gasteiger charge is -2.36. The Bertz CT molecular complexity index is 1230. The molecule has 0 bridgehead atoms. The third-order valence-corrected chi connectivity index (χ3v) is 6.44. The van der Waals surface area contributed by atoms with Crippen molar-refractivity contribution in [1.29, 1.82) is 0 Å². The molecular formula is C28H29N5O2. The molecule has 35 heavy (non-hydrogen) atoms. The topological polar surface area (TPSA) is 74.5 Å². The third-order valence-electron chi connectivity index (χ3n) is 6.44. The predicted octanol–water partition coefficient (Wildman–Crippen LogP) is 4.87. The van der Waals surface area contributed by atoms with Gasteiger partial charge in [-0.1, -0.05) is 65.8 Å². The molecule has 0 spiro atoms. The summed E-state index contributed by atoms with van der Waals surface area (Å²) in [6, 6.07) is 27.3. The molecule has 1 atom stereocenters. The van der Waals surface area contributed by atoms with Crippen LogP contribution in [0.1, 0.15) is 34.8 Å². The maximum Gasteiger partial charge on any atom is 0.255 e. The van der Waals surface area contributed by atoms with Gasteiger partial charge < -0.3 is 9.84 Å². The number of benzene rings is 3. The first kappa shape index (κ1) is 23.0. The molecule has 0 radical (unpaired) electrons. The number of nitrogens with one attached hydrogen (secondary N) is 1. The van der Waals surface area contributed by atoms with Crippen molar-refractivity contribution in [3.05, 3.63) is 102 Å². The fourth-order valence-electron chi connectivity index (χ4n) is 4.32. The van der Waals surface area contributed by atoms with Crippen molar-refractivity contribution >= 4 is 11.6 Å². The molecule has 1 aromatic heterocycles. The Labute approximate surface area is 205 Å². The standard InChI is InChI=1S/C28H29N5O2/c1-21(28-30-26(31-35-28)23-8-4-2-5-9-23)33-18-16-32(17-19-33)20-22-12-14-24(15-13-22)27(34)29-25-10-6-3-7-11-25/h2-15,21H,16-20H2,1H3,(H,29,34). The summed E-state index contributed by atoms with van der Waals surface area (Å²) in [5.41, 5.74) is 3.62. The smallest absolute Gasteiger partial charge is 0.255 e. The van der Waals surface area contributed by atoms with E-state index in [-0.39, 0.29) is 11.9 Å². The van der Waals surface area contributed by atoms with Gasteiger partial charge in [0.2, 0.25) is 11.7 Å². The molecule has 1 aliphatic rings. The number of piperazine rings is 1. The molecule has 2 heterocycles. The summed E-state index contributed by atoms with van der Waals surface area (Å²) < 4.78 is 5.58. The fourth-order valence-corrected chi connectivity index (χ4v) is 4.32. The zero-order valence-corrected chi connectivity index (χ0v) is 19.8. The van der Waals surface area contributed by atoms with Crippen LogP contribution >= 0.6 is 0 Å².